The summed E-state index contributed by atoms with van der Waals surface area (Å²) in [7, 11) is 0. The van der Waals surface area contributed by atoms with Crippen molar-refractivity contribution < 1.29 is 10.2 Å². The van der Waals surface area contributed by atoms with E-state index >= 15 is 0 Å². The minimum absolute atomic E-state index is 0.167. The van der Waals surface area contributed by atoms with Crippen molar-refractivity contribution in [1.82, 2.24) is 4.90 Å². The Hall–Kier alpha value is -1.32. The molecule has 2 bridgehead atoms. The maximum absolute atomic E-state index is 11.7. The van der Waals surface area contributed by atoms with Crippen molar-refractivity contribution >= 4 is 0 Å². The Morgan fingerprint density at radius 3 is 2.91 bits per heavy atom. The number of likely N-dealkylation sites (tertiary alicyclic amines) is 1. The van der Waals surface area contributed by atoms with Gasteiger partial charge in [-0.05, 0) is 55.5 Å². The quantitative estimate of drug-likeness (QED) is 0.825. The molecule has 3 nitrogen and oxygen atoms in total. The lowest BCUT2D eigenvalue weighted by Crippen LogP contribution is -2.72. The molecule has 1 aliphatic heterocycles. The van der Waals surface area contributed by atoms with Gasteiger partial charge in [0.2, 0.25) is 0 Å². The van der Waals surface area contributed by atoms with Crippen LogP contribution in [0.2, 0.25) is 0 Å². The number of hydrogen-bond acceptors (Lipinski definition) is 3. The molecule has 0 aromatic heterocycles. The maximum Gasteiger partial charge on any atom is 0.115 e. The second kappa shape index (κ2) is 4.84. The van der Waals surface area contributed by atoms with Crippen molar-refractivity contribution in [1.29, 1.82) is 0 Å². The van der Waals surface area contributed by atoms with Gasteiger partial charge in [-0.1, -0.05) is 25.0 Å². The summed E-state index contributed by atoms with van der Waals surface area (Å²) in [5.41, 5.74) is 1.69. The van der Waals surface area contributed by atoms with Crippen molar-refractivity contribution in [3.63, 3.8) is 0 Å². The third-order valence-corrected chi connectivity index (χ3v) is 6.44. The lowest BCUT2D eigenvalue weighted by atomic mass is 9.49. The van der Waals surface area contributed by atoms with Crippen LogP contribution in [0, 0.1) is 0 Å². The number of rotatable bonds is 2. The van der Waals surface area contributed by atoms with Crippen LogP contribution in [0.3, 0.4) is 0 Å². The lowest BCUT2D eigenvalue weighted by Gasteiger charge is -2.63. The summed E-state index contributed by atoms with van der Waals surface area (Å²) in [5, 5.41) is 21.7. The third kappa shape index (κ3) is 1.70. The molecule has 0 amide bonds. The average Bonchev–Trinajstić information content (AvgIpc) is 2.50. The fraction of sp³-hybridized carbons (Fsp3) is 0.579. The normalized spacial score (nSPS) is 37.2. The van der Waals surface area contributed by atoms with Crippen LogP contribution in [0.25, 0.3) is 0 Å². The van der Waals surface area contributed by atoms with Crippen molar-refractivity contribution in [3.8, 4) is 5.75 Å². The van der Waals surface area contributed by atoms with Crippen LogP contribution in [0.1, 0.15) is 43.2 Å². The first-order chi connectivity index (χ1) is 10.6. The van der Waals surface area contributed by atoms with E-state index in [1.807, 2.05) is 12.1 Å². The topological polar surface area (TPSA) is 43.7 Å². The van der Waals surface area contributed by atoms with E-state index in [0.29, 0.717) is 5.75 Å². The molecule has 1 aromatic carbocycles. The molecule has 1 saturated carbocycles. The summed E-state index contributed by atoms with van der Waals surface area (Å²) >= 11 is 0. The highest BCUT2D eigenvalue weighted by Gasteiger charge is 2.62. The summed E-state index contributed by atoms with van der Waals surface area (Å²) in [6, 6.07) is 5.95. The van der Waals surface area contributed by atoms with E-state index in [1.165, 1.54) is 17.5 Å². The van der Waals surface area contributed by atoms with Gasteiger partial charge in [0.05, 0.1) is 5.60 Å². The van der Waals surface area contributed by atoms with E-state index < -0.39 is 5.60 Å². The number of aliphatic hydroxyl groups is 1. The molecule has 22 heavy (non-hydrogen) atoms. The van der Waals surface area contributed by atoms with Gasteiger partial charge in [0.25, 0.3) is 0 Å². The Morgan fingerprint density at radius 1 is 1.27 bits per heavy atom. The van der Waals surface area contributed by atoms with Crippen LogP contribution in [-0.4, -0.2) is 39.8 Å². The van der Waals surface area contributed by atoms with Crippen LogP contribution in [0.15, 0.2) is 30.9 Å². The average molecular weight is 299 g/mol. The van der Waals surface area contributed by atoms with Crippen LogP contribution in [-0.2, 0) is 11.8 Å². The smallest absolute Gasteiger partial charge is 0.115 e. The third-order valence-electron chi connectivity index (χ3n) is 6.44. The molecule has 2 fully saturated rings. The largest absolute Gasteiger partial charge is 0.508 e. The molecule has 1 aromatic rings. The van der Waals surface area contributed by atoms with Crippen molar-refractivity contribution in [2.24, 2.45) is 0 Å². The fourth-order valence-corrected chi connectivity index (χ4v) is 5.48. The standard InChI is InChI=1S/C19H25NO2/c1-2-10-20-11-9-18-7-3-4-8-19(18,22)17(20)12-14-5-6-15(21)13-16(14)18/h2,5-6,13,17,21-22H,1,3-4,7-12H2/t17-,18+,19?/m1/s1. The molecule has 3 heteroatoms. The Morgan fingerprint density at radius 2 is 2.09 bits per heavy atom. The van der Waals surface area contributed by atoms with E-state index in [-0.39, 0.29) is 11.5 Å². The molecular formula is C19H25NO2. The Bertz CT molecular complexity index is 613. The van der Waals surface area contributed by atoms with Gasteiger partial charge in [-0.3, -0.25) is 4.90 Å². The van der Waals surface area contributed by atoms with Crippen LogP contribution in [0.5, 0.6) is 5.75 Å². The molecular weight excluding hydrogens is 274 g/mol. The molecule has 0 radical (unpaired) electrons. The molecule has 2 aliphatic carbocycles. The number of phenols is 1. The van der Waals surface area contributed by atoms with Crippen LogP contribution >= 0.6 is 0 Å². The second-order valence-corrected chi connectivity index (χ2v) is 7.31. The van der Waals surface area contributed by atoms with E-state index in [4.69, 9.17) is 0 Å². The van der Waals surface area contributed by atoms with Crippen molar-refractivity contribution in [2.75, 3.05) is 13.1 Å². The van der Waals surface area contributed by atoms with Crippen molar-refractivity contribution in [3.05, 3.63) is 42.0 Å². The number of nitrogens with zero attached hydrogens (tertiary/aromatic N) is 1. The SMILES string of the molecule is C=CCN1CC[C@]23CCCCC2(O)[C@H]1Cc1ccc(O)cc13. The van der Waals surface area contributed by atoms with E-state index in [2.05, 4.69) is 17.5 Å². The predicted molar refractivity (Wildman–Crippen MR) is 87.1 cm³/mol. The molecule has 3 atom stereocenters. The molecule has 1 saturated heterocycles. The molecule has 2 N–H and O–H groups in total. The lowest BCUT2D eigenvalue weighted by molar-refractivity contribution is -0.163. The summed E-state index contributed by atoms with van der Waals surface area (Å²) in [5.74, 6) is 0.327. The number of benzene rings is 1. The zero-order valence-electron chi connectivity index (χ0n) is 13.1. The maximum atomic E-state index is 11.7. The Labute approximate surface area is 132 Å². The molecule has 1 heterocycles. The summed E-state index contributed by atoms with van der Waals surface area (Å²) in [4.78, 5) is 2.41. The Kier molecular flexibility index (Phi) is 3.14. The molecule has 0 spiro atoms. The van der Waals surface area contributed by atoms with E-state index in [0.717, 1.165) is 45.2 Å². The van der Waals surface area contributed by atoms with Gasteiger partial charge in [-0.25, -0.2) is 0 Å². The monoisotopic (exact) mass is 299 g/mol. The van der Waals surface area contributed by atoms with Gasteiger partial charge >= 0.3 is 0 Å². The number of piperidine rings is 1. The zero-order valence-corrected chi connectivity index (χ0v) is 13.1. The minimum Gasteiger partial charge on any atom is -0.508 e. The number of hydrogen-bond donors (Lipinski definition) is 2. The van der Waals surface area contributed by atoms with Crippen LogP contribution in [0.4, 0.5) is 0 Å². The fourth-order valence-electron chi connectivity index (χ4n) is 5.48. The van der Waals surface area contributed by atoms with Gasteiger partial charge < -0.3 is 10.2 Å². The molecule has 4 rings (SSSR count). The van der Waals surface area contributed by atoms with E-state index in [9.17, 15) is 10.2 Å². The first-order valence-electron chi connectivity index (χ1n) is 8.50. The predicted octanol–water partition coefficient (Wildman–Crippen LogP) is 2.75. The highest BCUT2D eigenvalue weighted by molar-refractivity contribution is 5.48. The van der Waals surface area contributed by atoms with Crippen molar-refractivity contribution in [2.45, 2.75) is 55.6 Å². The number of fused-ring (bicyclic) bond motifs is 1. The summed E-state index contributed by atoms with van der Waals surface area (Å²) in [6.45, 7) is 5.74. The highest BCUT2D eigenvalue weighted by atomic mass is 16.3. The molecule has 3 aliphatic rings. The summed E-state index contributed by atoms with van der Waals surface area (Å²) in [6.07, 6.45) is 7.99. The minimum atomic E-state index is -0.659. The van der Waals surface area contributed by atoms with Gasteiger partial charge in [-0.15, -0.1) is 6.58 Å². The first kappa shape index (κ1) is 14.3. The number of phenolic OH excluding ortho intramolecular Hbond substituents is 1. The van der Waals surface area contributed by atoms with E-state index in [1.54, 1.807) is 6.07 Å². The van der Waals surface area contributed by atoms with Gasteiger partial charge in [0.15, 0.2) is 0 Å². The summed E-state index contributed by atoms with van der Waals surface area (Å²) < 4.78 is 0. The van der Waals surface area contributed by atoms with Crippen LogP contribution < -0.4 is 0 Å². The van der Waals surface area contributed by atoms with Gasteiger partial charge in [0.1, 0.15) is 5.75 Å². The molecule has 1 unspecified atom stereocenters. The van der Waals surface area contributed by atoms with Gasteiger partial charge in [0, 0.05) is 18.0 Å². The second-order valence-electron chi connectivity index (χ2n) is 7.31. The zero-order chi connectivity index (χ0) is 15.4. The molecule has 118 valence electrons. The Balaban J connectivity index is 1.90. The number of aromatic hydroxyl groups is 1. The van der Waals surface area contributed by atoms with Gasteiger partial charge in [-0.2, -0.15) is 0 Å². The first-order valence-corrected chi connectivity index (χ1v) is 8.50. The highest BCUT2D eigenvalue weighted by Crippen LogP contribution is 2.58.